The van der Waals surface area contributed by atoms with Crippen molar-refractivity contribution in [1.82, 2.24) is 24.5 Å². The Balaban J connectivity index is 1.05. The highest BCUT2D eigenvalue weighted by atomic mass is 16.3. The van der Waals surface area contributed by atoms with Gasteiger partial charge < -0.3 is 8.98 Å². The fourth-order valence-electron chi connectivity index (χ4n) is 9.37. The number of aromatic nitrogens is 5. The molecule has 13 aromatic rings. The van der Waals surface area contributed by atoms with Crippen LogP contribution in [0.5, 0.6) is 0 Å². The van der Waals surface area contributed by atoms with Crippen LogP contribution in [0.25, 0.3) is 127 Å². The molecule has 0 saturated carbocycles. The number of pyridine rings is 1. The first-order chi connectivity index (χ1) is 30.7. The SMILES string of the molecule is c1ccc2cc(-c3ccc(-c4nc(-c5cc(-n6c7ccccc7c7c8ccccc8ccc76)c6ccccc6c5)nc(-c5ccnc6oc7ccccc7c56)n4)cc3)ccc2c1. The van der Waals surface area contributed by atoms with Crippen LogP contribution in [0.4, 0.5) is 0 Å². The molecule has 0 saturated heterocycles. The highest BCUT2D eigenvalue weighted by molar-refractivity contribution is 6.22. The molecule has 0 fully saturated rings. The van der Waals surface area contributed by atoms with Gasteiger partial charge in [0.1, 0.15) is 5.58 Å². The maximum atomic E-state index is 6.24. The number of rotatable bonds is 5. The molecule has 0 amide bonds. The van der Waals surface area contributed by atoms with Crippen molar-refractivity contribution >= 4 is 76.2 Å². The van der Waals surface area contributed by atoms with Gasteiger partial charge in [-0.25, -0.2) is 19.9 Å². The maximum Gasteiger partial charge on any atom is 0.228 e. The highest BCUT2D eigenvalue weighted by Gasteiger charge is 2.21. The number of furan rings is 1. The summed E-state index contributed by atoms with van der Waals surface area (Å²) in [6.07, 6.45) is 1.77. The third-order valence-electron chi connectivity index (χ3n) is 12.3. The molecule has 0 aliphatic carbocycles. The molecule has 0 aliphatic heterocycles. The van der Waals surface area contributed by atoms with Crippen molar-refractivity contribution in [3.05, 3.63) is 200 Å². The molecule has 0 spiro atoms. The lowest BCUT2D eigenvalue weighted by atomic mass is 10.00. The molecule has 13 rings (SSSR count). The fourth-order valence-corrected chi connectivity index (χ4v) is 9.37. The third-order valence-corrected chi connectivity index (χ3v) is 12.3. The molecule has 0 radical (unpaired) electrons. The normalized spacial score (nSPS) is 11.9. The van der Waals surface area contributed by atoms with E-state index >= 15 is 0 Å². The monoisotopic (exact) mass is 791 g/mol. The van der Waals surface area contributed by atoms with E-state index in [-0.39, 0.29) is 0 Å². The van der Waals surface area contributed by atoms with Gasteiger partial charge in [0.05, 0.1) is 22.1 Å². The standard InChI is InChI=1S/C56H33N5O/c1-2-13-38-31-39(26-23-34(38)11-1)35-21-24-37(25-22-35)53-58-54(60-55(59-53)46-29-30-57-56-52(46)45-18-8-10-20-50(45)62-56)41-32-40-14-4-5-15-42(40)49(33-41)61-47-19-9-7-17-44(47)51-43-16-6-3-12-36(43)27-28-48(51)61/h1-33H. The number of fused-ring (bicyclic) bond motifs is 10. The van der Waals surface area contributed by atoms with Crippen molar-refractivity contribution in [3.63, 3.8) is 0 Å². The number of nitrogens with zero attached hydrogens (tertiary/aromatic N) is 5. The van der Waals surface area contributed by atoms with Crippen LogP contribution in [-0.2, 0) is 0 Å². The summed E-state index contributed by atoms with van der Waals surface area (Å²) in [5.41, 5.74) is 9.49. The topological polar surface area (TPSA) is 69.6 Å². The molecule has 288 valence electrons. The first-order valence-electron chi connectivity index (χ1n) is 20.8. The summed E-state index contributed by atoms with van der Waals surface area (Å²) in [7, 11) is 0. The van der Waals surface area contributed by atoms with E-state index in [4.69, 9.17) is 19.4 Å². The van der Waals surface area contributed by atoms with Crippen LogP contribution >= 0.6 is 0 Å². The summed E-state index contributed by atoms with van der Waals surface area (Å²) in [4.78, 5) is 20.5. The first kappa shape index (κ1) is 34.4. The van der Waals surface area contributed by atoms with Crippen LogP contribution in [0.2, 0.25) is 0 Å². The number of hydrogen-bond donors (Lipinski definition) is 0. The van der Waals surface area contributed by atoms with Crippen LogP contribution in [0.3, 0.4) is 0 Å². The van der Waals surface area contributed by atoms with Gasteiger partial charge in [0.2, 0.25) is 5.71 Å². The van der Waals surface area contributed by atoms with E-state index in [9.17, 15) is 0 Å². The predicted molar refractivity (Wildman–Crippen MR) is 254 cm³/mol. The first-order valence-corrected chi connectivity index (χ1v) is 20.8. The molecule has 0 bridgehead atoms. The molecule has 6 heteroatoms. The van der Waals surface area contributed by atoms with Gasteiger partial charge in [-0.2, -0.15) is 0 Å². The number of benzene rings is 9. The van der Waals surface area contributed by atoms with E-state index in [0.717, 1.165) is 71.7 Å². The van der Waals surface area contributed by atoms with E-state index < -0.39 is 0 Å². The third kappa shape index (κ3) is 5.37. The predicted octanol–water partition coefficient (Wildman–Crippen LogP) is 14.4. The Kier molecular flexibility index (Phi) is 7.50. The molecular weight excluding hydrogens is 759 g/mol. The van der Waals surface area contributed by atoms with Gasteiger partial charge in [-0.1, -0.05) is 152 Å². The summed E-state index contributed by atoms with van der Waals surface area (Å²) in [5.74, 6) is 1.69. The average molecular weight is 792 g/mol. The quantitative estimate of drug-likeness (QED) is 0.174. The second kappa shape index (κ2) is 13.5. The summed E-state index contributed by atoms with van der Waals surface area (Å²) in [6, 6.07) is 68.4. The van der Waals surface area contributed by atoms with Crippen molar-refractivity contribution in [1.29, 1.82) is 0 Å². The molecule has 0 atom stereocenters. The lowest BCUT2D eigenvalue weighted by Gasteiger charge is -2.15. The van der Waals surface area contributed by atoms with Gasteiger partial charge in [-0.15, -0.1) is 0 Å². The van der Waals surface area contributed by atoms with Crippen LogP contribution in [0.1, 0.15) is 0 Å². The van der Waals surface area contributed by atoms with Gasteiger partial charge in [0.25, 0.3) is 0 Å². The zero-order chi connectivity index (χ0) is 40.7. The molecule has 0 unspecified atom stereocenters. The molecule has 6 nitrogen and oxygen atoms in total. The van der Waals surface area contributed by atoms with Crippen molar-refractivity contribution < 1.29 is 4.42 Å². The minimum absolute atomic E-state index is 0.541. The Morgan fingerprint density at radius 3 is 1.84 bits per heavy atom. The summed E-state index contributed by atoms with van der Waals surface area (Å²) in [5, 5.41) is 11.4. The van der Waals surface area contributed by atoms with Gasteiger partial charge in [-0.05, 0) is 80.5 Å². The van der Waals surface area contributed by atoms with E-state index in [2.05, 4.69) is 179 Å². The van der Waals surface area contributed by atoms with Crippen LogP contribution in [0, 0.1) is 0 Å². The van der Waals surface area contributed by atoms with Crippen molar-refractivity contribution in [2.24, 2.45) is 0 Å². The second-order valence-corrected chi connectivity index (χ2v) is 15.8. The van der Waals surface area contributed by atoms with E-state index in [1.807, 2.05) is 24.3 Å². The summed E-state index contributed by atoms with van der Waals surface area (Å²) >= 11 is 0. The number of hydrogen-bond acceptors (Lipinski definition) is 5. The maximum absolute atomic E-state index is 6.24. The highest BCUT2D eigenvalue weighted by Crippen LogP contribution is 2.41. The Bertz CT molecular complexity index is 3940. The molecule has 62 heavy (non-hydrogen) atoms. The molecule has 4 heterocycles. The van der Waals surface area contributed by atoms with Crippen LogP contribution < -0.4 is 0 Å². The van der Waals surface area contributed by atoms with Crippen molar-refractivity contribution in [2.45, 2.75) is 0 Å². The van der Waals surface area contributed by atoms with Crippen molar-refractivity contribution in [2.75, 3.05) is 0 Å². The Morgan fingerprint density at radius 2 is 0.984 bits per heavy atom. The second-order valence-electron chi connectivity index (χ2n) is 15.8. The Hall–Kier alpha value is -8.48. The largest absolute Gasteiger partial charge is 0.438 e. The average Bonchev–Trinajstić information content (AvgIpc) is 3.90. The zero-order valence-electron chi connectivity index (χ0n) is 33.2. The lowest BCUT2D eigenvalue weighted by Crippen LogP contribution is -2.02. The summed E-state index contributed by atoms with van der Waals surface area (Å²) < 4.78 is 8.65. The van der Waals surface area contributed by atoms with Gasteiger partial charge in [0, 0.05) is 44.4 Å². The number of para-hydroxylation sites is 2. The minimum Gasteiger partial charge on any atom is -0.438 e. The zero-order valence-corrected chi connectivity index (χ0v) is 33.2. The van der Waals surface area contributed by atoms with E-state index in [0.29, 0.717) is 23.2 Å². The van der Waals surface area contributed by atoms with Gasteiger partial charge in [0.15, 0.2) is 17.5 Å². The molecule has 9 aromatic carbocycles. The van der Waals surface area contributed by atoms with E-state index in [1.165, 1.54) is 32.3 Å². The fraction of sp³-hybridized carbons (Fsp3) is 0. The molecule has 4 aromatic heterocycles. The van der Waals surface area contributed by atoms with E-state index in [1.54, 1.807) is 6.20 Å². The molecule has 0 N–H and O–H groups in total. The Morgan fingerprint density at radius 1 is 0.371 bits per heavy atom. The van der Waals surface area contributed by atoms with Gasteiger partial charge in [-0.3, -0.25) is 0 Å². The lowest BCUT2D eigenvalue weighted by molar-refractivity contribution is 0.654. The smallest absolute Gasteiger partial charge is 0.228 e. The van der Waals surface area contributed by atoms with Crippen molar-refractivity contribution in [3.8, 4) is 51.0 Å². The van der Waals surface area contributed by atoms with Crippen LogP contribution in [-0.4, -0.2) is 24.5 Å². The molecule has 0 aliphatic rings. The summed E-state index contributed by atoms with van der Waals surface area (Å²) in [6.45, 7) is 0. The molecular formula is C56H33N5O. The van der Waals surface area contributed by atoms with Gasteiger partial charge >= 0.3 is 0 Å². The Labute approximate surface area is 355 Å². The van der Waals surface area contributed by atoms with Crippen LogP contribution in [0.15, 0.2) is 205 Å². The minimum atomic E-state index is 0.541.